The van der Waals surface area contributed by atoms with Crippen molar-refractivity contribution in [3.05, 3.63) is 0 Å². The molecule has 0 amide bonds. The summed E-state index contributed by atoms with van der Waals surface area (Å²) in [6.45, 7) is 9.81. The van der Waals surface area contributed by atoms with Crippen molar-refractivity contribution in [2.24, 2.45) is 10.7 Å². The van der Waals surface area contributed by atoms with E-state index in [0.717, 1.165) is 25.6 Å². The minimum absolute atomic E-state index is 0.782. The van der Waals surface area contributed by atoms with Crippen LogP contribution >= 0.6 is 0 Å². The van der Waals surface area contributed by atoms with Gasteiger partial charge in [-0.1, -0.05) is 78.6 Å². The van der Waals surface area contributed by atoms with Gasteiger partial charge in [0.2, 0.25) is 0 Å². The van der Waals surface area contributed by atoms with Gasteiger partial charge in [-0.05, 0) is 19.3 Å². The van der Waals surface area contributed by atoms with Gasteiger partial charge in [0, 0.05) is 19.6 Å². The third-order valence-electron chi connectivity index (χ3n) is 4.17. The van der Waals surface area contributed by atoms with E-state index in [4.69, 9.17) is 5.73 Å². The van der Waals surface area contributed by atoms with Crippen LogP contribution in [0.2, 0.25) is 0 Å². The molecule has 0 aliphatic heterocycles. The van der Waals surface area contributed by atoms with Gasteiger partial charge in [-0.25, -0.2) is 0 Å². The number of rotatable bonds is 15. The zero-order valence-electron chi connectivity index (χ0n) is 15.6. The molecule has 0 saturated heterocycles. The van der Waals surface area contributed by atoms with Gasteiger partial charge in [-0.2, -0.15) is 0 Å². The van der Waals surface area contributed by atoms with Crippen LogP contribution in [-0.4, -0.2) is 30.5 Å². The summed E-state index contributed by atoms with van der Waals surface area (Å²) in [5, 5.41) is 0. The van der Waals surface area contributed by atoms with E-state index in [2.05, 4.69) is 30.7 Å². The number of nitrogens with two attached hydrogens (primary N) is 1. The Morgan fingerprint density at radius 1 is 0.682 bits per heavy atom. The Morgan fingerprint density at radius 3 is 1.59 bits per heavy atom. The molecule has 0 aliphatic rings. The van der Waals surface area contributed by atoms with Gasteiger partial charge in [0.25, 0.3) is 0 Å². The van der Waals surface area contributed by atoms with Gasteiger partial charge in [0.1, 0.15) is 0 Å². The molecule has 0 rings (SSSR count). The van der Waals surface area contributed by atoms with E-state index in [1.165, 1.54) is 77.0 Å². The Morgan fingerprint density at radius 2 is 1.14 bits per heavy atom. The van der Waals surface area contributed by atoms with Crippen LogP contribution in [0.3, 0.4) is 0 Å². The van der Waals surface area contributed by atoms with Crippen molar-refractivity contribution >= 4 is 5.96 Å². The first-order valence-electron chi connectivity index (χ1n) is 9.81. The summed E-state index contributed by atoms with van der Waals surface area (Å²) in [5.41, 5.74) is 6.24. The average molecular weight is 312 g/mol. The van der Waals surface area contributed by atoms with Crippen LogP contribution in [0.4, 0.5) is 0 Å². The molecule has 0 spiro atoms. The third kappa shape index (κ3) is 13.0. The van der Waals surface area contributed by atoms with Crippen LogP contribution in [0.15, 0.2) is 4.99 Å². The summed E-state index contributed by atoms with van der Waals surface area (Å²) in [6.07, 6.45) is 15.4. The molecule has 0 saturated carbocycles. The van der Waals surface area contributed by atoms with E-state index in [1.807, 2.05) is 0 Å². The Balaban J connectivity index is 4.12. The summed E-state index contributed by atoms with van der Waals surface area (Å²) in [6, 6.07) is 0. The van der Waals surface area contributed by atoms with Crippen molar-refractivity contribution < 1.29 is 0 Å². The fraction of sp³-hybridized carbons (Fsp3) is 0.947. The van der Waals surface area contributed by atoms with Crippen LogP contribution in [0.5, 0.6) is 0 Å². The standard InChI is InChI=1S/C19H41N3/c1-4-7-10-13-16-21-19(20)22(17-14-11-8-5-2)18-15-12-9-6-3/h4-18H2,1-3H3,(H2,20,21). The van der Waals surface area contributed by atoms with Crippen molar-refractivity contribution in [2.45, 2.75) is 97.8 Å². The maximum absolute atomic E-state index is 6.24. The Labute approximate surface area is 139 Å². The predicted molar refractivity (Wildman–Crippen MR) is 100 cm³/mol. The molecule has 0 radical (unpaired) electrons. The Bertz CT molecular complexity index is 239. The topological polar surface area (TPSA) is 41.6 Å². The van der Waals surface area contributed by atoms with Crippen molar-refractivity contribution in [3.63, 3.8) is 0 Å². The molecule has 0 aromatic rings. The fourth-order valence-corrected chi connectivity index (χ4v) is 2.63. The molecule has 2 N–H and O–H groups in total. The smallest absolute Gasteiger partial charge is 0.191 e. The zero-order chi connectivity index (χ0) is 16.5. The molecule has 132 valence electrons. The minimum atomic E-state index is 0.782. The van der Waals surface area contributed by atoms with Crippen molar-refractivity contribution in [3.8, 4) is 0 Å². The van der Waals surface area contributed by atoms with E-state index in [-0.39, 0.29) is 0 Å². The van der Waals surface area contributed by atoms with E-state index in [9.17, 15) is 0 Å². The highest BCUT2D eigenvalue weighted by Gasteiger charge is 2.07. The van der Waals surface area contributed by atoms with Gasteiger partial charge < -0.3 is 10.6 Å². The summed E-state index contributed by atoms with van der Waals surface area (Å²) >= 11 is 0. The normalized spacial score (nSPS) is 11.9. The molecule has 0 unspecified atom stereocenters. The molecular weight excluding hydrogens is 270 g/mol. The molecule has 0 aromatic carbocycles. The zero-order valence-corrected chi connectivity index (χ0v) is 15.6. The summed E-state index contributed by atoms with van der Waals surface area (Å²) in [7, 11) is 0. The lowest BCUT2D eigenvalue weighted by molar-refractivity contribution is 0.381. The first-order valence-corrected chi connectivity index (χ1v) is 9.81. The second-order valence-electron chi connectivity index (χ2n) is 6.41. The number of unbranched alkanes of at least 4 members (excludes halogenated alkanes) is 9. The molecule has 0 aromatic heterocycles. The van der Waals surface area contributed by atoms with E-state index in [1.54, 1.807) is 0 Å². The quantitative estimate of drug-likeness (QED) is 0.252. The molecule has 22 heavy (non-hydrogen) atoms. The van der Waals surface area contributed by atoms with Gasteiger partial charge in [-0.15, -0.1) is 0 Å². The maximum Gasteiger partial charge on any atom is 0.191 e. The maximum atomic E-state index is 6.24. The van der Waals surface area contributed by atoms with E-state index < -0.39 is 0 Å². The minimum Gasteiger partial charge on any atom is -0.370 e. The fourth-order valence-electron chi connectivity index (χ4n) is 2.63. The monoisotopic (exact) mass is 311 g/mol. The first kappa shape index (κ1) is 21.3. The highest BCUT2D eigenvalue weighted by molar-refractivity contribution is 5.78. The molecule has 0 bridgehead atoms. The van der Waals surface area contributed by atoms with Crippen LogP contribution < -0.4 is 5.73 Å². The second kappa shape index (κ2) is 16.6. The summed E-state index contributed by atoms with van der Waals surface area (Å²) in [5.74, 6) is 0.782. The Hall–Kier alpha value is -0.730. The lowest BCUT2D eigenvalue weighted by atomic mass is 10.2. The molecule has 0 atom stereocenters. The van der Waals surface area contributed by atoms with E-state index in [0.29, 0.717) is 0 Å². The van der Waals surface area contributed by atoms with Gasteiger partial charge in [0.15, 0.2) is 5.96 Å². The summed E-state index contributed by atoms with van der Waals surface area (Å²) < 4.78 is 0. The molecule has 0 heterocycles. The van der Waals surface area contributed by atoms with Crippen LogP contribution in [-0.2, 0) is 0 Å². The third-order valence-corrected chi connectivity index (χ3v) is 4.17. The van der Waals surface area contributed by atoms with Crippen molar-refractivity contribution in [1.29, 1.82) is 0 Å². The van der Waals surface area contributed by atoms with Gasteiger partial charge in [-0.3, -0.25) is 4.99 Å². The van der Waals surface area contributed by atoms with E-state index >= 15 is 0 Å². The molecule has 0 fully saturated rings. The molecular formula is C19H41N3. The van der Waals surface area contributed by atoms with Gasteiger partial charge >= 0.3 is 0 Å². The lowest BCUT2D eigenvalue weighted by Gasteiger charge is -2.23. The number of hydrogen-bond donors (Lipinski definition) is 1. The molecule has 3 nitrogen and oxygen atoms in total. The van der Waals surface area contributed by atoms with Gasteiger partial charge in [0.05, 0.1) is 0 Å². The van der Waals surface area contributed by atoms with Crippen molar-refractivity contribution in [1.82, 2.24) is 4.90 Å². The summed E-state index contributed by atoms with van der Waals surface area (Å²) in [4.78, 5) is 6.94. The lowest BCUT2D eigenvalue weighted by Crippen LogP contribution is -2.39. The van der Waals surface area contributed by atoms with Crippen LogP contribution in [0, 0.1) is 0 Å². The Kier molecular flexibility index (Phi) is 16.1. The van der Waals surface area contributed by atoms with Crippen LogP contribution in [0.25, 0.3) is 0 Å². The second-order valence-corrected chi connectivity index (χ2v) is 6.41. The highest BCUT2D eigenvalue weighted by atomic mass is 15.2. The first-order chi connectivity index (χ1) is 10.8. The number of aliphatic imine (C=N–C) groups is 1. The average Bonchev–Trinajstić information content (AvgIpc) is 2.53. The molecule has 0 aliphatic carbocycles. The number of guanidine groups is 1. The highest BCUT2D eigenvalue weighted by Crippen LogP contribution is 2.06. The largest absolute Gasteiger partial charge is 0.370 e. The predicted octanol–water partition coefficient (Wildman–Crippen LogP) is 5.34. The number of nitrogens with zero attached hydrogens (tertiary/aromatic N) is 2. The molecule has 3 heteroatoms. The van der Waals surface area contributed by atoms with Crippen molar-refractivity contribution in [2.75, 3.05) is 19.6 Å². The van der Waals surface area contributed by atoms with Crippen LogP contribution in [0.1, 0.15) is 97.8 Å². The SMILES string of the molecule is CCCCCCN=C(N)N(CCCCCC)CCCCCC. The number of hydrogen-bond acceptors (Lipinski definition) is 1.